The quantitative estimate of drug-likeness (QED) is 0.865. The van der Waals surface area contributed by atoms with E-state index in [1.165, 1.54) is 30.5 Å². The standard InChI is InChI=1S/C14H22N2O/c1-11-8-12(5-6-14(11)17-2)10-16-7-3-4-13(16)9-15/h5-6,8,13H,3-4,7,9-10,15H2,1-2H3. The van der Waals surface area contributed by atoms with Crippen LogP contribution in [0.3, 0.4) is 0 Å². The Hall–Kier alpha value is -1.06. The van der Waals surface area contributed by atoms with E-state index >= 15 is 0 Å². The molecule has 1 unspecified atom stereocenters. The predicted octanol–water partition coefficient (Wildman–Crippen LogP) is 1.93. The van der Waals surface area contributed by atoms with Crippen LogP contribution >= 0.6 is 0 Å². The summed E-state index contributed by atoms with van der Waals surface area (Å²) in [7, 11) is 1.72. The first-order valence-corrected chi connectivity index (χ1v) is 6.32. The van der Waals surface area contributed by atoms with Crippen LogP contribution in [0.2, 0.25) is 0 Å². The third kappa shape index (κ3) is 2.79. The minimum atomic E-state index is 0.567. The highest BCUT2D eigenvalue weighted by atomic mass is 16.5. The molecule has 1 atom stereocenters. The molecule has 0 saturated carbocycles. The number of methoxy groups -OCH3 is 1. The molecule has 1 saturated heterocycles. The summed E-state index contributed by atoms with van der Waals surface area (Å²) in [5.74, 6) is 0.963. The number of ether oxygens (including phenoxy) is 1. The van der Waals surface area contributed by atoms with Crippen molar-refractivity contribution in [3.8, 4) is 5.75 Å². The summed E-state index contributed by atoms with van der Waals surface area (Å²) in [6, 6.07) is 6.98. The van der Waals surface area contributed by atoms with Gasteiger partial charge < -0.3 is 10.5 Å². The van der Waals surface area contributed by atoms with Gasteiger partial charge in [0.1, 0.15) is 5.75 Å². The van der Waals surface area contributed by atoms with Crippen LogP contribution in [0.15, 0.2) is 18.2 Å². The average molecular weight is 234 g/mol. The third-order valence-corrected chi connectivity index (χ3v) is 3.62. The Morgan fingerprint density at radius 2 is 2.29 bits per heavy atom. The molecule has 2 rings (SSSR count). The summed E-state index contributed by atoms with van der Waals surface area (Å²) < 4.78 is 5.28. The molecule has 1 aliphatic rings. The fourth-order valence-electron chi connectivity index (χ4n) is 2.64. The van der Waals surface area contributed by atoms with E-state index in [0.717, 1.165) is 18.8 Å². The second-order valence-electron chi connectivity index (χ2n) is 4.81. The first-order valence-electron chi connectivity index (χ1n) is 6.32. The van der Waals surface area contributed by atoms with Gasteiger partial charge >= 0.3 is 0 Å². The van der Waals surface area contributed by atoms with E-state index in [-0.39, 0.29) is 0 Å². The topological polar surface area (TPSA) is 38.5 Å². The van der Waals surface area contributed by atoms with Gasteiger partial charge in [0.05, 0.1) is 7.11 Å². The molecule has 1 heterocycles. The number of hydrogen-bond donors (Lipinski definition) is 1. The van der Waals surface area contributed by atoms with E-state index in [4.69, 9.17) is 10.5 Å². The van der Waals surface area contributed by atoms with Gasteiger partial charge in [-0.3, -0.25) is 4.90 Å². The van der Waals surface area contributed by atoms with Gasteiger partial charge in [0.2, 0.25) is 0 Å². The molecule has 0 aromatic heterocycles. The van der Waals surface area contributed by atoms with Crippen molar-refractivity contribution in [3.63, 3.8) is 0 Å². The summed E-state index contributed by atoms with van der Waals surface area (Å²) >= 11 is 0. The Balaban J connectivity index is 2.05. The minimum Gasteiger partial charge on any atom is -0.496 e. The van der Waals surface area contributed by atoms with Crippen LogP contribution in [-0.2, 0) is 6.54 Å². The lowest BCUT2D eigenvalue weighted by Gasteiger charge is -2.23. The zero-order valence-corrected chi connectivity index (χ0v) is 10.8. The van der Waals surface area contributed by atoms with Crippen molar-refractivity contribution in [1.29, 1.82) is 0 Å². The van der Waals surface area contributed by atoms with E-state index < -0.39 is 0 Å². The minimum absolute atomic E-state index is 0.567. The molecule has 2 N–H and O–H groups in total. The number of rotatable bonds is 4. The molecule has 0 radical (unpaired) electrons. The van der Waals surface area contributed by atoms with Crippen LogP contribution in [0, 0.1) is 6.92 Å². The van der Waals surface area contributed by atoms with E-state index in [2.05, 4.69) is 30.0 Å². The van der Waals surface area contributed by atoms with Crippen LogP contribution in [-0.4, -0.2) is 31.1 Å². The van der Waals surface area contributed by atoms with E-state index in [1.807, 2.05) is 0 Å². The predicted molar refractivity (Wildman–Crippen MR) is 70.2 cm³/mol. The molecule has 1 aromatic rings. The van der Waals surface area contributed by atoms with Gasteiger partial charge in [0, 0.05) is 19.1 Å². The van der Waals surface area contributed by atoms with Gasteiger partial charge in [-0.2, -0.15) is 0 Å². The molecule has 0 amide bonds. The Morgan fingerprint density at radius 3 is 2.94 bits per heavy atom. The van der Waals surface area contributed by atoms with Crippen LogP contribution in [0.1, 0.15) is 24.0 Å². The van der Waals surface area contributed by atoms with Crippen molar-refractivity contribution in [2.24, 2.45) is 5.73 Å². The normalized spacial score (nSPS) is 20.8. The maximum atomic E-state index is 5.79. The molecule has 17 heavy (non-hydrogen) atoms. The summed E-state index contributed by atoms with van der Waals surface area (Å²) in [4.78, 5) is 2.49. The van der Waals surface area contributed by atoms with Gasteiger partial charge in [-0.1, -0.05) is 12.1 Å². The van der Waals surface area contributed by atoms with Crippen LogP contribution < -0.4 is 10.5 Å². The fraction of sp³-hybridized carbons (Fsp3) is 0.571. The molecular formula is C14H22N2O. The molecular weight excluding hydrogens is 212 g/mol. The molecule has 3 heteroatoms. The van der Waals surface area contributed by atoms with Gasteiger partial charge in [-0.25, -0.2) is 0 Å². The van der Waals surface area contributed by atoms with E-state index in [9.17, 15) is 0 Å². The first kappa shape index (κ1) is 12.4. The SMILES string of the molecule is COc1ccc(CN2CCCC2CN)cc1C. The summed E-state index contributed by atoms with van der Waals surface area (Å²) in [5, 5.41) is 0. The van der Waals surface area contributed by atoms with Crippen molar-refractivity contribution in [2.75, 3.05) is 20.2 Å². The maximum absolute atomic E-state index is 5.79. The highest BCUT2D eigenvalue weighted by molar-refractivity contribution is 5.36. The van der Waals surface area contributed by atoms with Crippen LogP contribution in [0.4, 0.5) is 0 Å². The molecule has 1 fully saturated rings. The summed E-state index contributed by atoms with van der Waals surface area (Å²) in [6.07, 6.45) is 2.52. The molecule has 0 spiro atoms. The molecule has 94 valence electrons. The van der Waals surface area contributed by atoms with Crippen LogP contribution in [0.5, 0.6) is 5.75 Å². The van der Waals surface area contributed by atoms with E-state index in [0.29, 0.717) is 6.04 Å². The zero-order chi connectivity index (χ0) is 12.3. The summed E-state index contributed by atoms with van der Waals surface area (Å²) in [6.45, 7) is 5.04. The highest BCUT2D eigenvalue weighted by Crippen LogP contribution is 2.23. The fourth-order valence-corrected chi connectivity index (χ4v) is 2.64. The maximum Gasteiger partial charge on any atom is 0.121 e. The van der Waals surface area contributed by atoms with Crippen molar-refractivity contribution in [1.82, 2.24) is 4.90 Å². The van der Waals surface area contributed by atoms with Crippen molar-refractivity contribution >= 4 is 0 Å². The number of likely N-dealkylation sites (tertiary alicyclic amines) is 1. The monoisotopic (exact) mass is 234 g/mol. The average Bonchev–Trinajstić information content (AvgIpc) is 2.76. The summed E-state index contributed by atoms with van der Waals surface area (Å²) in [5.41, 5.74) is 8.34. The second-order valence-corrected chi connectivity index (χ2v) is 4.81. The molecule has 1 aliphatic heterocycles. The number of nitrogens with two attached hydrogens (primary N) is 1. The molecule has 0 aliphatic carbocycles. The number of nitrogens with zero attached hydrogens (tertiary/aromatic N) is 1. The number of aryl methyl sites for hydroxylation is 1. The Kier molecular flexibility index (Phi) is 4.02. The van der Waals surface area contributed by atoms with Gasteiger partial charge in [-0.05, 0) is 43.5 Å². The lowest BCUT2D eigenvalue weighted by molar-refractivity contribution is 0.250. The number of benzene rings is 1. The smallest absolute Gasteiger partial charge is 0.121 e. The lowest BCUT2D eigenvalue weighted by atomic mass is 10.1. The highest BCUT2D eigenvalue weighted by Gasteiger charge is 2.22. The van der Waals surface area contributed by atoms with Crippen molar-refractivity contribution < 1.29 is 4.74 Å². The zero-order valence-electron chi connectivity index (χ0n) is 10.8. The van der Waals surface area contributed by atoms with Gasteiger partial charge in [0.25, 0.3) is 0 Å². The van der Waals surface area contributed by atoms with Crippen molar-refractivity contribution in [2.45, 2.75) is 32.4 Å². The first-order chi connectivity index (χ1) is 8.24. The molecule has 0 bridgehead atoms. The van der Waals surface area contributed by atoms with Crippen molar-refractivity contribution in [3.05, 3.63) is 29.3 Å². The third-order valence-electron chi connectivity index (χ3n) is 3.62. The van der Waals surface area contributed by atoms with Crippen LogP contribution in [0.25, 0.3) is 0 Å². The molecule has 1 aromatic carbocycles. The van der Waals surface area contributed by atoms with Gasteiger partial charge in [-0.15, -0.1) is 0 Å². The molecule has 3 nitrogen and oxygen atoms in total. The second kappa shape index (κ2) is 5.52. The van der Waals surface area contributed by atoms with Gasteiger partial charge in [0.15, 0.2) is 0 Å². The number of hydrogen-bond acceptors (Lipinski definition) is 3. The lowest BCUT2D eigenvalue weighted by Crippen LogP contribution is -2.34. The Bertz CT molecular complexity index is 378. The Labute approximate surface area is 104 Å². The Morgan fingerprint density at radius 1 is 1.47 bits per heavy atom. The largest absolute Gasteiger partial charge is 0.496 e. The van der Waals surface area contributed by atoms with E-state index in [1.54, 1.807) is 7.11 Å².